The number of hydrogen-bond acceptors (Lipinski definition) is 4. The van der Waals surface area contributed by atoms with Crippen molar-refractivity contribution in [2.75, 3.05) is 7.05 Å². The molecule has 1 aromatic heterocycles. The maximum Gasteiger partial charge on any atom is 0.261 e. The van der Waals surface area contributed by atoms with Crippen LogP contribution in [0.5, 0.6) is 0 Å². The van der Waals surface area contributed by atoms with Gasteiger partial charge in [0.25, 0.3) is 11.5 Å². The number of aliphatic hydroxyl groups excluding tert-OH is 1. The summed E-state index contributed by atoms with van der Waals surface area (Å²) in [5.41, 5.74) is 1.06. The Hall–Kier alpha value is -3.45. The molecule has 0 aliphatic carbocycles. The fraction of sp³-hybridized carbons (Fsp3) is 0.370. The van der Waals surface area contributed by atoms with Crippen molar-refractivity contribution in [3.63, 3.8) is 0 Å². The molecule has 0 spiro atoms. The molecule has 7 nitrogen and oxygen atoms in total. The molecule has 0 saturated carbocycles. The Morgan fingerprint density at radius 3 is 2.35 bits per heavy atom. The number of carbonyl (C=O) groups excluding carboxylic acids is 2. The zero-order valence-corrected chi connectivity index (χ0v) is 19.9. The normalized spacial score (nSPS) is 13.9. The molecular formula is C27H33N3O4. The Morgan fingerprint density at radius 1 is 1.00 bits per heavy atom. The highest BCUT2D eigenvalue weighted by Gasteiger charge is 2.29. The fourth-order valence-corrected chi connectivity index (χ4v) is 4.25. The van der Waals surface area contributed by atoms with Gasteiger partial charge in [0, 0.05) is 18.5 Å². The molecule has 34 heavy (non-hydrogen) atoms. The van der Waals surface area contributed by atoms with Crippen LogP contribution in [0.4, 0.5) is 0 Å². The van der Waals surface area contributed by atoms with Crippen molar-refractivity contribution in [1.29, 1.82) is 0 Å². The molecule has 180 valence electrons. The number of aliphatic hydroxyl groups is 1. The van der Waals surface area contributed by atoms with Crippen molar-refractivity contribution >= 4 is 22.7 Å². The topological polar surface area (TPSA) is 111 Å². The summed E-state index contributed by atoms with van der Waals surface area (Å²) in [6.07, 6.45) is 0.197. The Balaban J connectivity index is 1.86. The molecule has 4 N–H and O–H groups in total. The summed E-state index contributed by atoms with van der Waals surface area (Å²) < 4.78 is 0. The Kier molecular flexibility index (Phi) is 8.60. The first-order chi connectivity index (χ1) is 16.3. The van der Waals surface area contributed by atoms with E-state index in [1.165, 1.54) is 0 Å². The summed E-state index contributed by atoms with van der Waals surface area (Å²) in [6, 6.07) is 17.6. The first-order valence-electron chi connectivity index (χ1n) is 11.6. The molecule has 0 bridgehead atoms. The smallest absolute Gasteiger partial charge is 0.261 e. The Morgan fingerprint density at radius 2 is 1.68 bits per heavy atom. The number of amides is 2. The number of carbonyl (C=O) groups is 2. The van der Waals surface area contributed by atoms with E-state index >= 15 is 0 Å². The monoisotopic (exact) mass is 463 g/mol. The van der Waals surface area contributed by atoms with Gasteiger partial charge in [-0.05, 0) is 48.3 Å². The Bertz CT molecular complexity index is 1170. The quantitative estimate of drug-likeness (QED) is 0.370. The van der Waals surface area contributed by atoms with Crippen LogP contribution in [0.25, 0.3) is 10.9 Å². The van der Waals surface area contributed by atoms with Gasteiger partial charge in [0.15, 0.2) is 0 Å². The first kappa shape index (κ1) is 25.2. The van der Waals surface area contributed by atoms with E-state index in [0.29, 0.717) is 18.4 Å². The third kappa shape index (κ3) is 6.54. The van der Waals surface area contributed by atoms with E-state index in [4.69, 9.17) is 0 Å². The molecule has 1 heterocycles. The fourth-order valence-electron chi connectivity index (χ4n) is 4.25. The molecular weight excluding hydrogens is 430 g/mol. The summed E-state index contributed by atoms with van der Waals surface area (Å²) in [7, 11) is 1.58. The summed E-state index contributed by atoms with van der Waals surface area (Å²) in [4.78, 5) is 40.9. The van der Waals surface area contributed by atoms with Gasteiger partial charge in [-0.3, -0.25) is 14.4 Å². The number of rotatable bonds is 10. The van der Waals surface area contributed by atoms with E-state index in [2.05, 4.69) is 15.6 Å². The lowest BCUT2D eigenvalue weighted by Crippen LogP contribution is -2.47. The summed E-state index contributed by atoms with van der Waals surface area (Å²) in [5, 5.41) is 17.4. The number of H-pyrrole nitrogens is 1. The van der Waals surface area contributed by atoms with E-state index in [9.17, 15) is 19.5 Å². The molecule has 3 rings (SSSR count). The molecule has 3 atom stereocenters. The third-order valence-corrected chi connectivity index (χ3v) is 5.98. The molecule has 0 unspecified atom stereocenters. The average Bonchev–Trinajstić information content (AvgIpc) is 2.82. The number of hydrogen-bond donors (Lipinski definition) is 4. The van der Waals surface area contributed by atoms with Gasteiger partial charge in [-0.1, -0.05) is 62.4 Å². The standard InChI is InChI=1S/C27H33N3O4/c1-17(2)13-20(25(32)28-3)16-24(31)23(14-18-9-5-4-6-10-18)30-27(34)21-15-19-11-7-8-12-22(19)29-26(21)33/h4-12,15,17,20,23-24,31H,13-14,16H2,1-3H3,(H,28,32)(H,29,33)(H,30,34)/t20-,23+,24+/m1/s1. The van der Waals surface area contributed by atoms with Crippen LogP contribution < -0.4 is 16.2 Å². The number of aromatic nitrogens is 1. The van der Waals surface area contributed by atoms with E-state index in [0.717, 1.165) is 10.9 Å². The van der Waals surface area contributed by atoms with Gasteiger partial charge in [-0.25, -0.2) is 0 Å². The highest BCUT2D eigenvalue weighted by Crippen LogP contribution is 2.21. The molecule has 2 amide bonds. The molecule has 0 aliphatic rings. The number of fused-ring (bicyclic) bond motifs is 1. The van der Waals surface area contributed by atoms with Crippen LogP contribution in [-0.4, -0.2) is 41.1 Å². The number of para-hydroxylation sites is 1. The predicted octanol–water partition coefficient (Wildman–Crippen LogP) is 3.03. The van der Waals surface area contributed by atoms with E-state index in [1.807, 2.05) is 62.4 Å². The van der Waals surface area contributed by atoms with Crippen LogP contribution >= 0.6 is 0 Å². The third-order valence-electron chi connectivity index (χ3n) is 5.98. The molecule has 2 aromatic carbocycles. The maximum atomic E-state index is 13.1. The van der Waals surface area contributed by atoms with Gasteiger partial charge in [0.2, 0.25) is 5.91 Å². The first-order valence-corrected chi connectivity index (χ1v) is 11.6. The lowest BCUT2D eigenvalue weighted by Gasteiger charge is -2.28. The number of benzene rings is 2. The zero-order chi connectivity index (χ0) is 24.7. The van der Waals surface area contributed by atoms with Crippen LogP contribution in [0.2, 0.25) is 0 Å². The van der Waals surface area contributed by atoms with Crippen LogP contribution in [-0.2, 0) is 11.2 Å². The minimum Gasteiger partial charge on any atom is -0.391 e. The second kappa shape index (κ2) is 11.6. The summed E-state index contributed by atoms with van der Waals surface area (Å²) in [5.74, 6) is -0.817. The van der Waals surface area contributed by atoms with Crippen molar-refractivity contribution in [2.45, 2.75) is 45.3 Å². The van der Waals surface area contributed by atoms with E-state index in [1.54, 1.807) is 19.2 Å². The van der Waals surface area contributed by atoms with E-state index < -0.39 is 23.6 Å². The van der Waals surface area contributed by atoms with Crippen LogP contribution in [0.3, 0.4) is 0 Å². The van der Waals surface area contributed by atoms with Crippen molar-refractivity contribution in [1.82, 2.24) is 15.6 Å². The second-order valence-electron chi connectivity index (χ2n) is 9.11. The van der Waals surface area contributed by atoms with Crippen molar-refractivity contribution in [3.05, 3.63) is 82.1 Å². The average molecular weight is 464 g/mol. The predicted molar refractivity (Wildman–Crippen MR) is 134 cm³/mol. The lowest BCUT2D eigenvalue weighted by atomic mass is 9.87. The van der Waals surface area contributed by atoms with Crippen molar-refractivity contribution in [2.24, 2.45) is 11.8 Å². The molecule has 3 aromatic rings. The highest BCUT2D eigenvalue weighted by molar-refractivity contribution is 5.97. The minimum atomic E-state index is -0.982. The SMILES string of the molecule is CNC(=O)[C@H](CC(C)C)C[C@H](O)[C@H](Cc1ccccc1)NC(=O)c1cc2ccccc2[nH]c1=O. The van der Waals surface area contributed by atoms with Gasteiger partial charge in [0.1, 0.15) is 5.56 Å². The van der Waals surface area contributed by atoms with Gasteiger partial charge in [0.05, 0.1) is 12.1 Å². The minimum absolute atomic E-state index is 0.0195. The molecule has 0 fully saturated rings. The summed E-state index contributed by atoms with van der Waals surface area (Å²) >= 11 is 0. The highest BCUT2D eigenvalue weighted by atomic mass is 16.3. The largest absolute Gasteiger partial charge is 0.391 e. The van der Waals surface area contributed by atoms with Gasteiger partial charge >= 0.3 is 0 Å². The van der Waals surface area contributed by atoms with Gasteiger partial charge < -0.3 is 20.7 Å². The molecule has 0 saturated heterocycles. The number of pyridine rings is 1. The van der Waals surface area contributed by atoms with E-state index in [-0.39, 0.29) is 29.7 Å². The van der Waals surface area contributed by atoms with Crippen molar-refractivity contribution < 1.29 is 14.7 Å². The van der Waals surface area contributed by atoms with Gasteiger partial charge in [-0.2, -0.15) is 0 Å². The number of aromatic amines is 1. The molecule has 0 radical (unpaired) electrons. The van der Waals surface area contributed by atoms with Crippen LogP contribution in [0, 0.1) is 11.8 Å². The zero-order valence-electron chi connectivity index (χ0n) is 19.9. The van der Waals surface area contributed by atoms with Crippen LogP contribution in [0.15, 0.2) is 65.5 Å². The summed E-state index contributed by atoms with van der Waals surface area (Å²) in [6.45, 7) is 4.05. The Labute approximate surface area is 199 Å². The van der Waals surface area contributed by atoms with Gasteiger partial charge in [-0.15, -0.1) is 0 Å². The molecule has 0 aliphatic heterocycles. The molecule has 7 heteroatoms. The number of nitrogens with one attached hydrogen (secondary N) is 3. The second-order valence-corrected chi connectivity index (χ2v) is 9.11. The van der Waals surface area contributed by atoms with Crippen molar-refractivity contribution in [3.8, 4) is 0 Å². The lowest BCUT2D eigenvalue weighted by molar-refractivity contribution is -0.126. The maximum absolute atomic E-state index is 13.1. The van der Waals surface area contributed by atoms with Crippen LogP contribution in [0.1, 0.15) is 42.6 Å².